The zero-order valence-electron chi connectivity index (χ0n) is 10.0. The van der Waals surface area contributed by atoms with Gasteiger partial charge in [0.15, 0.2) is 0 Å². The van der Waals surface area contributed by atoms with E-state index in [0.29, 0.717) is 0 Å². The molecule has 0 fully saturated rings. The van der Waals surface area contributed by atoms with Gasteiger partial charge >= 0.3 is 0 Å². The molecule has 0 atom stereocenters. The second kappa shape index (κ2) is 5.66. The summed E-state index contributed by atoms with van der Waals surface area (Å²) < 4.78 is 6.77. The molecule has 0 N–H and O–H groups in total. The van der Waals surface area contributed by atoms with Gasteiger partial charge in [-0.05, 0) is 22.6 Å². The summed E-state index contributed by atoms with van der Waals surface area (Å²) >= 11 is 1.59. The van der Waals surface area contributed by atoms with Crippen LogP contribution < -0.4 is 0 Å². The van der Waals surface area contributed by atoms with Gasteiger partial charge in [-0.15, -0.1) is 5.10 Å². The van der Waals surface area contributed by atoms with Crippen molar-refractivity contribution in [3.8, 4) is 5.69 Å². The second-order valence-corrected chi connectivity index (χ2v) is 4.85. The molecule has 0 bridgehead atoms. The number of nitrogens with zero attached hydrogens (tertiary/aromatic N) is 5. The van der Waals surface area contributed by atoms with E-state index >= 15 is 0 Å². The molecule has 7 heteroatoms. The molecule has 0 saturated carbocycles. The smallest absolute Gasteiger partial charge is 0.214 e. The Morgan fingerprint density at radius 1 is 1.16 bits per heavy atom. The van der Waals surface area contributed by atoms with Crippen LogP contribution in [0, 0.1) is 0 Å². The highest BCUT2D eigenvalue weighted by atomic mass is 32.2. The van der Waals surface area contributed by atoms with Crippen LogP contribution in [0.3, 0.4) is 0 Å². The maximum absolute atomic E-state index is 5.05. The standard InChI is InChI=1S/C12H11N5OS/c1-2-4-10(5-3-1)17-12(14-15-16-17)19-9-7-11-6-8-13-18-11/h1-6,8H,7,9H2. The van der Waals surface area contributed by atoms with Crippen molar-refractivity contribution in [2.45, 2.75) is 11.6 Å². The third kappa shape index (κ3) is 2.82. The van der Waals surface area contributed by atoms with E-state index in [1.807, 2.05) is 36.4 Å². The van der Waals surface area contributed by atoms with E-state index in [2.05, 4.69) is 20.7 Å². The number of hydrogen-bond donors (Lipinski definition) is 0. The summed E-state index contributed by atoms with van der Waals surface area (Å²) in [4.78, 5) is 0. The Morgan fingerprint density at radius 2 is 2.05 bits per heavy atom. The van der Waals surface area contributed by atoms with Gasteiger partial charge in [-0.3, -0.25) is 0 Å². The average Bonchev–Trinajstić information content (AvgIpc) is 3.11. The molecule has 2 heterocycles. The van der Waals surface area contributed by atoms with Gasteiger partial charge in [-0.25, -0.2) is 0 Å². The number of thioether (sulfide) groups is 1. The van der Waals surface area contributed by atoms with Crippen molar-refractivity contribution < 1.29 is 4.52 Å². The van der Waals surface area contributed by atoms with Crippen LogP contribution in [0.15, 0.2) is 52.3 Å². The van der Waals surface area contributed by atoms with Crippen molar-refractivity contribution in [2.24, 2.45) is 0 Å². The molecule has 0 spiro atoms. The van der Waals surface area contributed by atoms with Crippen LogP contribution in [0.2, 0.25) is 0 Å². The maximum Gasteiger partial charge on any atom is 0.214 e. The molecule has 0 aliphatic rings. The minimum atomic E-state index is 0.769. The van der Waals surface area contributed by atoms with Crippen LogP contribution in [0.25, 0.3) is 5.69 Å². The van der Waals surface area contributed by atoms with Gasteiger partial charge in [0, 0.05) is 18.2 Å². The Labute approximate surface area is 113 Å². The fraction of sp³-hybridized carbons (Fsp3) is 0.167. The largest absolute Gasteiger partial charge is 0.361 e. The van der Waals surface area contributed by atoms with Crippen molar-refractivity contribution in [1.29, 1.82) is 0 Å². The number of tetrazole rings is 1. The molecule has 0 radical (unpaired) electrons. The zero-order valence-corrected chi connectivity index (χ0v) is 10.8. The normalized spacial score (nSPS) is 10.7. The van der Waals surface area contributed by atoms with Gasteiger partial charge in [-0.1, -0.05) is 35.1 Å². The van der Waals surface area contributed by atoms with E-state index in [9.17, 15) is 0 Å². The molecule has 0 unspecified atom stereocenters. The maximum atomic E-state index is 5.05. The lowest BCUT2D eigenvalue weighted by molar-refractivity contribution is 0.387. The Balaban J connectivity index is 1.67. The summed E-state index contributed by atoms with van der Waals surface area (Å²) in [6, 6.07) is 11.7. The lowest BCUT2D eigenvalue weighted by Crippen LogP contribution is -1.99. The quantitative estimate of drug-likeness (QED) is 0.662. The highest BCUT2D eigenvalue weighted by Gasteiger charge is 2.08. The van der Waals surface area contributed by atoms with Crippen LogP contribution in [0.4, 0.5) is 0 Å². The first-order chi connectivity index (χ1) is 9.43. The van der Waals surface area contributed by atoms with Gasteiger partial charge in [0.2, 0.25) is 5.16 Å². The predicted molar refractivity (Wildman–Crippen MR) is 70.1 cm³/mol. The van der Waals surface area contributed by atoms with Crippen molar-refractivity contribution in [2.75, 3.05) is 5.75 Å². The molecule has 96 valence electrons. The van der Waals surface area contributed by atoms with Crippen LogP contribution in [-0.2, 0) is 6.42 Å². The summed E-state index contributed by atoms with van der Waals surface area (Å²) in [5.74, 6) is 1.70. The Morgan fingerprint density at radius 3 is 2.84 bits per heavy atom. The molecule has 0 aliphatic carbocycles. The predicted octanol–water partition coefficient (Wildman–Crippen LogP) is 1.99. The van der Waals surface area contributed by atoms with Crippen molar-refractivity contribution >= 4 is 11.8 Å². The third-order valence-corrected chi connectivity index (χ3v) is 3.43. The number of aromatic nitrogens is 5. The number of aryl methyl sites for hydroxylation is 1. The highest BCUT2D eigenvalue weighted by molar-refractivity contribution is 7.99. The minimum Gasteiger partial charge on any atom is -0.361 e. The molecule has 0 amide bonds. The average molecular weight is 273 g/mol. The molecular weight excluding hydrogens is 262 g/mol. The van der Waals surface area contributed by atoms with Crippen LogP contribution in [0.1, 0.15) is 5.76 Å². The highest BCUT2D eigenvalue weighted by Crippen LogP contribution is 2.18. The molecule has 0 aliphatic heterocycles. The van der Waals surface area contributed by atoms with Gasteiger partial charge in [0.1, 0.15) is 5.76 Å². The van der Waals surface area contributed by atoms with Crippen molar-refractivity contribution in [3.63, 3.8) is 0 Å². The van der Waals surface area contributed by atoms with Crippen LogP contribution in [0.5, 0.6) is 0 Å². The molecule has 0 saturated heterocycles. The van der Waals surface area contributed by atoms with E-state index in [1.54, 1.807) is 22.6 Å². The topological polar surface area (TPSA) is 69.6 Å². The lowest BCUT2D eigenvalue weighted by atomic mass is 10.3. The summed E-state index contributed by atoms with van der Waals surface area (Å²) in [6.07, 6.45) is 2.44. The fourth-order valence-corrected chi connectivity index (χ4v) is 2.46. The summed E-state index contributed by atoms with van der Waals surface area (Å²) in [5, 5.41) is 16.2. The lowest BCUT2D eigenvalue weighted by Gasteiger charge is -2.02. The van der Waals surface area contributed by atoms with E-state index in [-0.39, 0.29) is 0 Å². The number of rotatable bonds is 5. The zero-order chi connectivity index (χ0) is 12.9. The van der Waals surface area contributed by atoms with Crippen molar-refractivity contribution in [1.82, 2.24) is 25.4 Å². The van der Waals surface area contributed by atoms with E-state index < -0.39 is 0 Å². The molecule has 1 aromatic carbocycles. The molecule has 6 nitrogen and oxygen atoms in total. The molecular formula is C12H11N5OS. The summed E-state index contributed by atoms with van der Waals surface area (Å²) in [5.41, 5.74) is 0.953. The third-order valence-electron chi connectivity index (χ3n) is 2.51. The second-order valence-electron chi connectivity index (χ2n) is 3.79. The number of benzene rings is 1. The fourth-order valence-electron chi connectivity index (χ4n) is 1.61. The van der Waals surface area contributed by atoms with Crippen molar-refractivity contribution in [3.05, 3.63) is 48.4 Å². The van der Waals surface area contributed by atoms with Crippen LogP contribution >= 0.6 is 11.8 Å². The van der Waals surface area contributed by atoms with E-state index in [0.717, 1.165) is 28.8 Å². The Kier molecular flexibility index (Phi) is 3.55. The summed E-state index contributed by atoms with van der Waals surface area (Å²) in [6.45, 7) is 0. The molecule has 3 aromatic rings. The minimum absolute atomic E-state index is 0.769. The molecule has 2 aromatic heterocycles. The van der Waals surface area contributed by atoms with Crippen LogP contribution in [-0.4, -0.2) is 31.1 Å². The first kappa shape index (κ1) is 11.9. The Bertz CT molecular complexity index is 623. The molecule has 3 rings (SSSR count). The van der Waals surface area contributed by atoms with Gasteiger partial charge in [0.25, 0.3) is 0 Å². The Hall–Kier alpha value is -2.15. The van der Waals surface area contributed by atoms with Gasteiger partial charge in [0.05, 0.1) is 11.9 Å². The monoisotopic (exact) mass is 273 g/mol. The first-order valence-electron chi connectivity index (χ1n) is 5.79. The van der Waals surface area contributed by atoms with E-state index in [1.165, 1.54) is 0 Å². The van der Waals surface area contributed by atoms with E-state index in [4.69, 9.17) is 4.52 Å². The first-order valence-corrected chi connectivity index (χ1v) is 6.78. The van der Waals surface area contributed by atoms with Gasteiger partial charge in [-0.2, -0.15) is 4.68 Å². The number of para-hydroxylation sites is 1. The van der Waals surface area contributed by atoms with Gasteiger partial charge < -0.3 is 4.52 Å². The molecule has 19 heavy (non-hydrogen) atoms. The SMILES string of the molecule is c1ccc(-n2nnnc2SCCc2ccno2)cc1. The summed E-state index contributed by atoms with van der Waals surface area (Å²) in [7, 11) is 0. The number of hydrogen-bond acceptors (Lipinski definition) is 6.